The summed E-state index contributed by atoms with van der Waals surface area (Å²) in [6.45, 7) is 4.83. The Morgan fingerprint density at radius 1 is 1.19 bits per heavy atom. The number of β-amino-alcohol motifs (C(OH)–C–C–N with tert-alkyl or cyclic N) is 1. The average Bonchev–Trinajstić information content (AvgIpc) is 2.70. The molecule has 1 rings (SSSR count). The summed E-state index contributed by atoms with van der Waals surface area (Å²) in [7, 11) is 3.42. The molecule has 16 heavy (non-hydrogen) atoms. The normalized spacial score (nSPS) is 25.5. The van der Waals surface area contributed by atoms with Crippen molar-refractivity contribution in [2.45, 2.75) is 18.6 Å². The molecule has 0 aliphatic carbocycles. The highest BCUT2D eigenvalue weighted by atomic mass is 16.5. The fraction of sp³-hybridized carbons (Fsp3) is 1.00. The highest BCUT2D eigenvalue weighted by Crippen LogP contribution is 2.09. The molecule has 1 heterocycles. The molecule has 0 radical (unpaired) electrons. The number of ether oxygens (including phenoxy) is 2. The molecule has 5 nitrogen and oxygen atoms in total. The van der Waals surface area contributed by atoms with Crippen LogP contribution in [0.25, 0.3) is 0 Å². The van der Waals surface area contributed by atoms with E-state index in [1.165, 1.54) is 0 Å². The average molecular weight is 232 g/mol. The Kier molecular flexibility index (Phi) is 6.91. The fourth-order valence-electron chi connectivity index (χ4n) is 2.09. The summed E-state index contributed by atoms with van der Waals surface area (Å²) in [6.07, 6.45) is 0.725. The SMILES string of the molecule is COCCCN(CCOC)C1CNCC1O. The van der Waals surface area contributed by atoms with E-state index < -0.39 is 0 Å². The zero-order valence-corrected chi connectivity index (χ0v) is 10.3. The molecule has 2 N–H and O–H groups in total. The smallest absolute Gasteiger partial charge is 0.0831 e. The molecule has 5 heteroatoms. The van der Waals surface area contributed by atoms with Crippen LogP contribution in [0.5, 0.6) is 0 Å². The number of aliphatic hydroxyl groups excluding tert-OH is 1. The Bertz CT molecular complexity index is 181. The largest absolute Gasteiger partial charge is 0.390 e. The molecule has 0 saturated carbocycles. The van der Waals surface area contributed by atoms with Crippen molar-refractivity contribution < 1.29 is 14.6 Å². The zero-order valence-electron chi connectivity index (χ0n) is 10.3. The summed E-state index contributed by atoms with van der Waals surface area (Å²) in [5, 5.41) is 13.0. The van der Waals surface area contributed by atoms with Crippen LogP contribution in [-0.2, 0) is 9.47 Å². The lowest BCUT2D eigenvalue weighted by molar-refractivity contribution is 0.0556. The molecule has 0 amide bonds. The van der Waals surface area contributed by atoms with Crippen LogP contribution >= 0.6 is 0 Å². The molecule has 0 aromatic rings. The highest BCUT2D eigenvalue weighted by molar-refractivity contribution is 4.88. The Morgan fingerprint density at radius 2 is 1.94 bits per heavy atom. The van der Waals surface area contributed by atoms with Gasteiger partial charge in [0.2, 0.25) is 0 Å². The first-order valence-corrected chi connectivity index (χ1v) is 5.90. The summed E-state index contributed by atoms with van der Waals surface area (Å²) in [5.41, 5.74) is 0. The molecule has 0 bridgehead atoms. The Hall–Kier alpha value is -0.200. The minimum Gasteiger partial charge on any atom is -0.390 e. The second kappa shape index (κ2) is 7.97. The van der Waals surface area contributed by atoms with E-state index in [-0.39, 0.29) is 12.1 Å². The van der Waals surface area contributed by atoms with Crippen molar-refractivity contribution in [2.24, 2.45) is 0 Å². The van der Waals surface area contributed by atoms with Gasteiger partial charge in [-0.15, -0.1) is 0 Å². The first-order valence-electron chi connectivity index (χ1n) is 5.90. The van der Waals surface area contributed by atoms with Gasteiger partial charge in [0.05, 0.1) is 12.7 Å². The van der Waals surface area contributed by atoms with Crippen molar-refractivity contribution in [3.8, 4) is 0 Å². The van der Waals surface area contributed by atoms with Gasteiger partial charge in [0.25, 0.3) is 0 Å². The topological polar surface area (TPSA) is 54.0 Å². The van der Waals surface area contributed by atoms with Gasteiger partial charge in [-0.25, -0.2) is 0 Å². The van der Waals surface area contributed by atoms with Crippen molar-refractivity contribution in [3.05, 3.63) is 0 Å². The summed E-state index contributed by atoms with van der Waals surface area (Å²) in [4.78, 5) is 2.28. The van der Waals surface area contributed by atoms with Crippen LogP contribution in [0.2, 0.25) is 0 Å². The van der Waals surface area contributed by atoms with Crippen molar-refractivity contribution in [1.29, 1.82) is 0 Å². The molecule has 1 saturated heterocycles. The maximum absolute atomic E-state index is 9.84. The third kappa shape index (κ3) is 4.35. The van der Waals surface area contributed by atoms with Gasteiger partial charge in [0.15, 0.2) is 0 Å². The molecule has 0 aromatic heterocycles. The van der Waals surface area contributed by atoms with E-state index >= 15 is 0 Å². The Labute approximate surface area is 97.7 Å². The van der Waals surface area contributed by atoms with Crippen LogP contribution in [-0.4, -0.2) is 75.8 Å². The molecule has 96 valence electrons. The minimum atomic E-state index is -0.264. The highest BCUT2D eigenvalue weighted by Gasteiger charge is 2.29. The van der Waals surface area contributed by atoms with E-state index in [9.17, 15) is 5.11 Å². The van der Waals surface area contributed by atoms with E-state index in [2.05, 4.69) is 10.2 Å². The third-order valence-corrected chi connectivity index (χ3v) is 3.00. The number of rotatable bonds is 8. The Morgan fingerprint density at radius 3 is 2.50 bits per heavy atom. The molecule has 2 unspecified atom stereocenters. The second-order valence-electron chi connectivity index (χ2n) is 4.17. The van der Waals surface area contributed by atoms with Gasteiger partial charge in [0.1, 0.15) is 0 Å². The second-order valence-corrected chi connectivity index (χ2v) is 4.17. The van der Waals surface area contributed by atoms with Gasteiger partial charge in [-0.3, -0.25) is 4.90 Å². The van der Waals surface area contributed by atoms with Gasteiger partial charge >= 0.3 is 0 Å². The van der Waals surface area contributed by atoms with Crippen LogP contribution in [0.4, 0.5) is 0 Å². The van der Waals surface area contributed by atoms with Gasteiger partial charge in [-0.05, 0) is 6.42 Å². The number of hydrogen-bond donors (Lipinski definition) is 2. The van der Waals surface area contributed by atoms with E-state index in [4.69, 9.17) is 9.47 Å². The van der Waals surface area contributed by atoms with E-state index in [0.717, 1.165) is 32.7 Å². The Balaban J connectivity index is 2.35. The van der Waals surface area contributed by atoms with Crippen molar-refractivity contribution in [3.63, 3.8) is 0 Å². The zero-order chi connectivity index (χ0) is 11.8. The van der Waals surface area contributed by atoms with Gasteiger partial charge in [-0.2, -0.15) is 0 Å². The van der Waals surface area contributed by atoms with Gasteiger partial charge in [-0.1, -0.05) is 0 Å². The van der Waals surface area contributed by atoms with Crippen molar-refractivity contribution >= 4 is 0 Å². The lowest BCUT2D eigenvalue weighted by atomic mass is 10.1. The van der Waals surface area contributed by atoms with Gasteiger partial charge < -0.3 is 19.9 Å². The molecule has 2 atom stereocenters. The van der Waals surface area contributed by atoms with E-state index in [1.807, 2.05) is 0 Å². The number of methoxy groups -OCH3 is 2. The van der Waals surface area contributed by atoms with E-state index in [0.29, 0.717) is 13.2 Å². The molecular formula is C11H24N2O3. The van der Waals surface area contributed by atoms with Crippen LogP contribution < -0.4 is 5.32 Å². The van der Waals surface area contributed by atoms with Crippen LogP contribution in [0.15, 0.2) is 0 Å². The predicted octanol–water partition coefficient (Wildman–Crippen LogP) is -0.696. The van der Waals surface area contributed by atoms with Crippen molar-refractivity contribution in [2.75, 3.05) is 53.6 Å². The summed E-state index contributed by atoms with van der Waals surface area (Å²) in [5.74, 6) is 0. The summed E-state index contributed by atoms with van der Waals surface area (Å²) < 4.78 is 10.1. The molecule has 1 aliphatic rings. The monoisotopic (exact) mass is 232 g/mol. The lowest BCUT2D eigenvalue weighted by Gasteiger charge is -2.30. The van der Waals surface area contributed by atoms with Crippen LogP contribution in [0.3, 0.4) is 0 Å². The lowest BCUT2D eigenvalue weighted by Crippen LogP contribution is -2.45. The molecule has 0 spiro atoms. The molecule has 1 aliphatic heterocycles. The first-order chi connectivity index (χ1) is 7.79. The quantitative estimate of drug-likeness (QED) is 0.542. The summed E-state index contributed by atoms with van der Waals surface area (Å²) >= 11 is 0. The predicted molar refractivity (Wildman–Crippen MR) is 62.6 cm³/mol. The standard InChI is InChI=1S/C11H24N2O3/c1-15-6-3-4-13(5-7-16-2)10-8-12-9-11(10)14/h10-12,14H,3-9H2,1-2H3. The van der Waals surface area contributed by atoms with Gasteiger partial charge in [0, 0.05) is 53.0 Å². The first kappa shape index (κ1) is 13.9. The third-order valence-electron chi connectivity index (χ3n) is 3.00. The summed E-state index contributed by atoms with van der Waals surface area (Å²) in [6, 6.07) is 0.215. The van der Waals surface area contributed by atoms with Crippen LogP contribution in [0, 0.1) is 0 Å². The number of hydrogen-bond acceptors (Lipinski definition) is 5. The molecule has 0 aromatic carbocycles. The maximum atomic E-state index is 9.84. The molecular weight excluding hydrogens is 208 g/mol. The molecule has 1 fully saturated rings. The number of nitrogens with one attached hydrogen (secondary N) is 1. The van der Waals surface area contributed by atoms with Crippen molar-refractivity contribution in [1.82, 2.24) is 10.2 Å². The number of nitrogens with zero attached hydrogens (tertiary/aromatic N) is 1. The fourth-order valence-corrected chi connectivity index (χ4v) is 2.09. The number of aliphatic hydroxyl groups is 1. The minimum absolute atomic E-state index is 0.215. The van der Waals surface area contributed by atoms with Crippen LogP contribution in [0.1, 0.15) is 6.42 Å². The maximum Gasteiger partial charge on any atom is 0.0831 e. The van der Waals surface area contributed by atoms with E-state index in [1.54, 1.807) is 14.2 Å².